The molecule has 0 aliphatic heterocycles. The fraction of sp³-hybridized carbons (Fsp3) is 0.292. The number of benzene rings is 2. The highest BCUT2D eigenvalue weighted by Gasteiger charge is 2.17. The number of imidazole rings is 1. The summed E-state index contributed by atoms with van der Waals surface area (Å²) in [6.07, 6.45) is 8.05. The van der Waals surface area contributed by atoms with Crippen LogP contribution in [-0.4, -0.2) is 38.9 Å². The molecule has 0 bridgehead atoms. The van der Waals surface area contributed by atoms with E-state index in [1.165, 1.54) is 0 Å². The molecular formula is C24H27ClN6O2. The van der Waals surface area contributed by atoms with Gasteiger partial charge in [0, 0.05) is 44.0 Å². The number of carbonyl (C=O) groups excluding carboxylic acids is 1. The Hall–Kier alpha value is -3.52. The summed E-state index contributed by atoms with van der Waals surface area (Å²) >= 11 is 6.28. The van der Waals surface area contributed by atoms with E-state index in [4.69, 9.17) is 16.3 Å². The van der Waals surface area contributed by atoms with Gasteiger partial charge in [-0.25, -0.2) is 4.98 Å². The summed E-state index contributed by atoms with van der Waals surface area (Å²) in [5, 5.41) is 12.4. The van der Waals surface area contributed by atoms with Crippen LogP contribution in [0.1, 0.15) is 29.3 Å². The first kappa shape index (κ1) is 22.7. The molecule has 4 aromatic rings. The smallest absolute Gasteiger partial charge is 0.253 e. The maximum atomic E-state index is 13.1. The average molecular weight is 467 g/mol. The highest BCUT2D eigenvalue weighted by atomic mass is 35.5. The van der Waals surface area contributed by atoms with Crippen LogP contribution in [0.2, 0.25) is 5.02 Å². The average Bonchev–Trinajstić information content (AvgIpc) is 3.50. The number of aromatic nitrogens is 4. The number of hydrogen-bond donors (Lipinski definition) is 2. The summed E-state index contributed by atoms with van der Waals surface area (Å²) in [5.74, 6) is 0.504. The number of amides is 1. The van der Waals surface area contributed by atoms with Crippen LogP contribution in [0, 0.1) is 0 Å². The molecule has 0 unspecified atom stereocenters. The van der Waals surface area contributed by atoms with Gasteiger partial charge in [-0.1, -0.05) is 17.7 Å². The molecule has 0 spiro atoms. The van der Waals surface area contributed by atoms with Crippen LogP contribution in [0.5, 0.6) is 5.75 Å². The van der Waals surface area contributed by atoms with Crippen LogP contribution in [0.15, 0.2) is 55.2 Å². The molecule has 0 fully saturated rings. The summed E-state index contributed by atoms with van der Waals surface area (Å²) in [7, 11) is 1.59. The Balaban J connectivity index is 1.53. The number of nitrogens with one attached hydrogen (secondary N) is 2. The number of hydrogen-bond acceptors (Lipinski definition) is 5. The van der Waals surface area contributed by atoms with E-state index in [0.29, 0.717) is 29.4 Å². The largest absolute Gasteiger partial charge is 0.495 e. The molecule has 0 radical (unpaired) electrons. The van der Waals surface area contributed by atoms with E-state index in [0.717, 1.165) is 41.7 Å². The second-order valence-corrected chi connectivity index (χ2v) is 8.02. The van der Waals surface area contributed by atoms with E-state index in [9.17, 15) is 4.79 Å². The van der Waals surface area contributed by atoms with Crippen molar-refractivity contribution in [2.24, 2.45) is 0 Å². The molecule has 0 atom stereocenters. The van der Waals surface area contributed by atoms with Crippen molar-refractivity contribution in [2.75, 3.05) is 19.0 Å². The Morgan fingerprint density at radius 1 is 1.24 bits per heavy atom. The van der Waals surface area contributed by atoms with Crippen molar-refractivity contribution in [1.29, 1.82) is 0 Å². The molecule has 9 heteroatoms. The zero-order chi connectivity index (χ0) is 23.2. The van der Waals surface area contributed by atoms with Crippen molar-refractivity contribution in [3.63, 3.8) is 0 Å². The Labute approximate surface area is 197 Å². The quantitative estimate of drug-likeness (QED) is 0.339. The number of halogens is 1. The third-order valence-corrected chi connectivity index (χ3v) is 5.79. The number of nitrogens with zero attached hydrogens (tertiary/aromatic N) is 4. The molecule has 2 heterocycles. The van der Waals surface area contributed by atoms with Gasteiger partial charge in [-0.15, -0.1) is 0 Å². The van der Waals surface area contributed by atoms with Crippen molar-refractivity contribution in [2.45, 2.75) is 33.0 Å². The normalized spacial score (nSPS) is 11.0. The van der Waals surface area contributed by atoms with Crippen molar-refractivity contribution in [1.82, 2.24) is 24.6 Å². The minimum Gasteiger partial charge on any atom is -0.495 e. The fourth-order valence-corrected chi connectivity index (χ4v) is 4.05. The Morgan fingerprint density at radius 2 is 2.12 bits per heavy atom. The summed E-state index contributed by atoms with van der Waals surface area (Å²) in [6.45, 7) is 4.65. The summed E-state index contributed by atoms with van der Waals surface area (Å²) in [4.78, 5) is 17.1. The van der Waals surface area contributed by atoms with Crippen molar-refractivity contribution in [3.8, 4) is 5.75 Å². The molecule has 0 aliphatic rings. The van der Waals surface area contributed by atoms with Crippen LogP contribution in [0.4, 0.5) is 5.69 Å². The van der Waals surface area contributed by atoms with Gasteiger partial charge in [-0.3, -0.25) is 9.48 Å². The first-order chi connectivity index (χ1) is 16.1. The number of anilines is 1. The lowest BCUT2D eigenvalue weighted by atomic mass is 10.1. The standard InChI is InChI=1S/C24H27ClN6O2/c1-3-31-21-7-6-18(24(32)27-9-4-11-30-12-10-26-16-30)23(19(21)15-29-31)28-14-17-5-8-22(33-2)20(25)13-17/h5-8,10,12-13,15-16,28H,3-4,9,11,14H2,1-2H3,(H,27,32). The summed E-state index contributed by atoms with van der Waals surface area (Å²) < 4.78 is 9.14. The van der Waals surface area contributed by atoms with Gasteiger partial charge in [0.2, 0.25) is 0 Å². The third kappa shape index (κ3) is 5.12. The third-order valence-electron chi connectivity index (χ3n) is 5.49. The predicted octanol–water partition coefficient (Wildman–Crippen LogP) is 4.35. The van der Waals surface area contributed by atoms with E-state index in [2.05, 4.69) is 20.7 Å². The minimum absolute atomic E-state index is 0.123. The molecule has 2 N–H and O–H groups in total. The van der Waals surface area contributed by atoms with Gasteiger partial charge in [-0.05, 0) is 43.2 Å². The molecule has 2 aromatic heterocycles. The van der Waals surface area contributed by atoms with Crippen LogP contribution in [0.25, 0.3) is 10.9 Å². The van der Waals surface area contributed by atoms with Gasteiger partial charge in [0.15, 0.2) is 0 Å². The molecule has 1 amide bonds. The monoisotopic (exact) mass is 466 g/mol. The van der Waals surface area contributed by atoms with Crippen LogP contribution >= 0.6 is 11.6 Å². The van der Waals surface area contributed by atoms with E-state index in [1.54, 1.807) is 25.8 Å². The van der Waals surface area contributed by atoms with Gasteiger partial charge in [0.05, 0.1) is 41.4 Å². The number of fused-ring (bicyclic) bond motifs is 1. The molecule has 0 aliphatic carbocycles. The Morgan fingerprint density at radius 3 is 2.85 bits per heavy atom. The van der Waals surface area contributed by atoms with Gasteiger partial charge in [-0.2, -0.15) is 5.10 Å². The molecule has 172 valence electrons. The zero-order valence-corrected chi connectivity index (χ0v) is 19.5. The molecule has 0 saturated heterocycles. The molecule has 33 heavy (non-hydrogen) atoms. The van der Waals surface area contributed by atoms with E-state index in [1.807, 2.05) is 52.7 Å². The first-order valence-corrected chi connectivity index (χ1v) is 11.3. The minimum atomic E-state index is -0.123. The van der Waals surface area contributed by atoms with Gasteiger partial charge < -0.3 is 19.9 Å². The SMILES string of the molecule is CCn1ncc2c(NCc3ccc(OC)c(Cl)c3)c(C(=O)NCCCn3ccnc3)ccc21. The van der Waals surface area contributed by atoms with E-state index < -0.39 is 0 Å². The fourth-order valence-electron chi connectivity index (χ4n) is 3.77. The molecule has 0 saturated carbocycles. The maximum Gasteiger partial charge on any atom is 0.253 e. The highest BCUT2D eigenvalue weighted by Crippen LogP contribution is 2.30. The molecule has 8 nitrogen and oxygen atoms in total. The molecular weight excluding hydrogens is 440 g/mol. The lowest BCUT2D eigenvalue weighted by molar-refractivity contribution is 0.0953. The van der Waals surface area contributed by atoms with E-state index >= 15 is 0 Å². The van der Waals surface area contributed by atoms with Gasteiger partial charge >= 0.3 is 0 Å². The Bertz CT molecular complexity index is 1240. The first-order valence-electron chi connectivity index (χ1n) is 10.9. The number of rotatable bonds is 10. The van der Waals surface area contributed by atoms with E-state index in [-0.39, 0.29) is 5.91 Å². The lowest BCUT2D eigenvalue weighted by Gasteiger charge is -2.15. The van der Waals surface area contributed by atoms with Crippen molar-refractivity contribution in [3.05, 3.63) is 71.4 Å². The number of ether oxygens (including phenoxy) is 1. The highest BCUT2D eigenvalue weighted by molar-refractivity contribution is 6.32. The van der Waals surface area contributed by atoms with Crippen molar-refractivity contribution < 1.29 is 9.53 Å². The summed E-state index contributed by atoms with van der Waals surface area (Å²) in [6, 6.07) is 9.44. The lowest BCUT2D eigenvalue weighted by Crippen LogP contribution is -2.26. The number of carbonyl (C=O) groups is 1. The van der Waals surface area contributed by atoms with Crippen molar-refractivity contribution >= 4 is 34.1 Å². The molecule has 2 aromatic carbocycles. The van der Waals surface area contributed by atoms with Crippen LogP contribution in [0.3, 0.4) is 0 Å². The second kappa shape index (κ2) is 10.4. The Kier molecular flexibility index (Phi) is 7.14. The van der Waals surface area contributed by atoms with Gasteiger partial charge in [0.1, 0.15) is 5.75 Å². The number of aryl methyl sites for hydroxylation is 2. The maximum absolute atomic E-state index is 13.1. The summed E-state index contributed by atoms with van der Waals surface area (Å²) in [5.41, 5.74) is 3.29. The van der Waals surface area contributed by atoms with Crippen LogP contribution in [-0.2, 0) is 19.6 Å². The van der Waals surface area contributed by atoms with Gasteiger partial charge in [0.25, 0.3) is 5.91 Å². The molecule has 4 rings (SSSR count). The number of methoxy groups -OCH3 is 1. The predicted molar refractivity (Wildman–Crippen MR) is 130 cm³/mol. The second-order valence-electron chi connectivity index (χ2n) is 7.61. The zero-order valence-electron chi connectivity index (χ0n) is 18.7. The van der Waals surface area contributed by atoms with Crippen LogP contribution < -0.4 is 15.4 Å². The topological polar surface area (TPSA) is 86.0 Å².